The van der Waals surface area contributed by atoms with Gasteiger partial charge in [0.1, 0.15) is 0 Å². The van der Waals surface area contributed by atoms with Crippen LogP contribution >= 0.6 is 12.2 Å². The van der Waals surface area contributed by atoms with Gasteiger partial charge in [0, 0.05) is 38.0 Å². The number of nitrogens with one attached hydrogen (secondary N) is 2. The first kappa shape index (κ1) is 14.3. The van der Waals surface area contributed by atoms with E-state index in [2.05, 4.69) is 28.9 Å². The molecule has 19 heavy (non-hydrogen) atoms. The zero-order valence-corrected chi connectivity index (χ0v) is 12.4. The molecule has 2 rings (SSSR count). The van der Waals surface area contributed by atoms with Crippen LogP contribution in [0, 0.1) is 6.92 Å². The molecule has 1 unspecified atom stereocenters. The van der Waals surface area contributed by atoms with Gasteiger partial charge in [0.2, 0.25) is 0 Å². The van der Waals surface area contributed by atoms with Crippen LogP contribution in [0.2, 0.25) is 0 Å². The number of ether oxygens (including phenoxy) is 1. The number of nitrogens with zero attached hydrogens (tertiary/aromatic N) is 2. The number of hydrogen-bond donors (Lipinski definition) is 2. The Morgan fingerprint density at radius 3 is 3.05 bits per heavy atom. The Balaban J connectivity index is 1.71. The van der Waals surface area contributed by atoms with Gasteiger partial charge in [-0.3, -0.25) is 4.68 Å². The first-order valence-electron chi connectivity index (χ1n) is 6.85. The summed E-state index contributed by atoms with van der Waals surface area (Å²) < 4.78 is 7.48. The molecule has 0 radical (unpaired) electrons. The summed E-state index contributed by atoms with van der Waals surface area (Å²) in [5.41, 5.74) is 2.24. The van der Waals surface area contributed by atoms with E-state index in [1.165, 1.54) is 5.56 Å². The quantitative estimate of drug-likeness (QED) is 0.799. The monoisotopic (exact) mass is 282 g/mol. The second-order valence-electron chi connectivity index (χ2n) is 4.79. The summed E-state index contributed by atoms with van der Waals surface area (Å²) >= 11 is 5.26. The molecule has 0 spiro atoms. The van der Waals surface area contributed by atoms with Crippen molar-refractivity contribution < 1.29 is 4.74 Å². The molecule has 106 valence electrons. The Bertz CT molecular complexity index is 426. The van der Waals surface area contributed by atoms with Gasteiger partial charge in [-0.25, -0.2) is 0 Å². The van der Waals surface area contributed by atoms with Crippen molar-refractivity contribution in [2.45, 2.75) is 45.9 Å². The predicted molar refractivity (Wildman–Crippen MR) is 79.1 cm³/mol. The molecule has 1 aromatic heterocycles. The summed E-state index contributed by atoms with van der Waals surface area (Å²) in [4.78, 5) is 0. The molecule has 2 heterocycles. The minimum atomic E-state index is 0.310. The summed E-state index contributed by atoms with van der Waals surface area (Å²) in [7, 11) is 0. The van der Waals surface area contributed by atoms with Crippen molar-refractivity contribution in [1.29, 1.82) is 0 Å². The van der Waals surface area contributed by atoms with Crippen LogP contribution in [-0.4, -0.2) is 34.1 Å². The Morgan fingerprint density at radius 1 is 1.58 bits per heavy atom. The van der Waals surface area contributed by atoms with E-state index in [1.807, 2.05) is 11.6 Å². The number of thiocarbonyl (C=S) groups is 1. The summed E-state index contributed by atoms with van der Waals surface area (Å²) in [6, 6.07) is 0. The fourth-order valence-electron chi connectivity index (χ4n) is 2.14. The molecule has 0 bridgehead atoms. The van der Waals surface area contributed by atoms with Gasteiger partial charge >= 0.3 is 0 Å². The molecule has 6 heteroatoms. The molecule has 1 fully saturated rings. The van der Waals surface area contributed by atoms with Crippen LogP contribution in [0.4, 0.5) is 0 Å². The number of aromatic nitrogens is 2. The van der Waals surface area contributed by atoms with Crippen LogP contribution < -0.4 is 10.6 Å². The van der Waals surface area contributed by atoms with Crippen molar-refractivity contribution in [3.8, 4) is 0 Å². The Kier molecular flexibility index (Phi) is 5.15. The van der Waals surface area contributed by atoms with Crippen LogP contribution in [-0.2, 0) is 17.8 Å². The van der Waals surface area contributed by atoms with Gasteiger partial charge in [-0.05, 0) is 38.9 Å². The molecule has 5 nitrogen and oxygen atoms in total. The highest BCUT2D eigenvalue weighted by atomic mass is 32.1. The number of rotatable bonds is 5. The zero-order chi connectivity index (χ0) is 13.7. The maximum atomic E-state index is 5.54. The number of aryl methyl sites for hydroxylation is 2. The summed E-state index contributed by atoms with van der Waals surface area (Å²) in [6.07, 6.45) is 4.65. The van der Waals surface area contributed by atoms with Gasteiger partial charge in [0.25, 0.3) is 0 Å². The molecule has 0 aliphatic carbocycles. The van der Waals surface area contributed by atoms with Gasteiger partial charge in [-0.1, -0.05) is 0 Å². The van der Waals surface area contributed by atoms with E-state index < -0.39 is 0 Å². The second kappa shape index (κ2) is 6.86. The Hall–Kier alpha value is -1.14. The standard InChI is InChI=1S/C13H22N4OS/c1-3-17-9-11(10(2)16-17)7-14-13(19)15-8-12-5-4-6-18-12/h9,12H,3-8H2,1-2H3,(H2,14,15,19). The van der Waals surface area contributed by atoms with E-state index in [-0.39, 0.29) is 0 Å². The summed E-state index contributed by atoms with van der Waals surface area (Å²) in [6.45, 7) is 7.37. The van der Waals surface area contributed by atoms with Gasteiger partial charge in [-0.15, -0.1) is 0 Å². The van der Waals surface area contributed by atoms with Crippen LogP contribution in [0.5, 0.6) is 0 Å². The first-order chi connectivity index (χ1) is 9.19. The maximum absolute atomic E-state index is 5.54. The Labute approximate surface area is 119 Å². The van der Waals surface area contributed by atoms with Gasteiger partial charge in [0.15, 0.2) is 5.11 Å². The molecule has 0 aromatic carbocycles. The van der Waals surface area contributed by atoms with Gasteiger partial charge in [0.05, 0.1) is 11.8 Å². The smallest absolute Gasteiger partial charge is 0.166 e. The normalized spacial score (nSPS) is 18.5. The highest BCUT2D eigenvalue weighted by Gasteiger charge is 2.15. The van der Waals surface area contributed by atoms with Crippen LogP contribution in [0.1, 0.15) is 31.0 Å². The van der Waals surface area contributed by atoms with Gasteiger partial charge < -0.3 is 15.4 Å². The third-order valence-corrected chi connectivity index (χ3v) is 3.61. The lowest BCUT2D eigenvalue weighted by atomic mass is 10.2. The van der Waals surface area contributed by atoms with E-state index in [4.69, 9.17) is 17.0 Å². The van der Waals surface area contributed by atoms with Crippen molar-refractivity contribution in [2.75, 3.05) is 13.2 Å². The van der Waals surface area contributed by atoms with Crippen molar-refractivity contribution >= 4 is 17.3 Å². The van der Waals surface area contributed by atoms with E-state index in [9.17, 15) is 0 Å². The maximum Gasteiger partial charge on any atom is 0.166 e. The molecule has 0 saturated carbocycles. The lowest BCUT2D eigenvalue weighted by Crippen LogP contribution is -2.39. The topological polar surface area (TPSA) is 51.1 Å². The molecule has 0 amide bonds. The van der Waals surface area contributed by atoms with Gasteiger partial charge in [-0.2, -0.15) is 5.10 Å². The van der Waals surface area contributed by atoms with E-state index >= 15 is 0 Å². The molecular formula is C13H22N4OS. The second-order valence-corrected chi connectivity index (χ2v) is 5.20. The van der Waals surface area contributed by atoms with Crippen molar-refractivity contribution in [3.05, 3.63) is 17.5 Å². The van der Waals surface area contributed by atoms with Crippen molar-refractivity contribution in [3.63, 3.8) is 0 Å². The largest absolute Gasteiger partial charge is 0.376 e. The van der Waals surface area contributed by atoms with Crippen LogP contribution in [0.15, 0.2) is 6.20 Å². The fourth-order valence-corrected chi connectivity index (χ4v) is 2.30. The highest BCUT2D eigenvalue weighted by molar-refractivity contribution is 7.80. The zero-order valence-electron chi connectivity index (χ0n) is 11.6. The molecular weight excluding hydrogens is 260 g/mol. The summed E-state index contributed by atoms with van der Waals surface area (Å²) in [5.74, 6) is 0. The van der Waals surface area contributed by atoms with E-state index in [1.54, 1.807) is 0 Å². The third kappa shape index (κ3) is 4.18. The molecule has 1 saturated heterocycles. The van der Waals surface area contributed by atoms with Crippen molar-refractivity contribution in [2.24, 2.45) is 0 Å². The molecule has 1 aliphatic heterocycles. The fraction of sp³-hybridized carbons (Fsp3) is 0.692. The predicted octanol–water partition coefficient (Wildman–Crippen LogP) is 1.35. The SMILES string of the molecule is CCn1cc(CNC(=S)NCC2CCCO2)c(C)n1. The third-order valence-electron chi connectivity index (χ3n) is 3.33. The van der Waals surface area contributed by atoms with E-state index in [0.717, 1.165) is 38.2 Å². The molecule has 1 aliphatic rings. The average Bonchev–Trinajstić information content (AvgIpc) is 3.03. The highest BCUT2D eigenvalue weighted by Crippen LogP contribution is 2.10. The minimum absolute atomic E-state index is 0.310. The van der Waals surface area contributed by atoms with E-state index in [0.29, 0.717) is 17.8 Å². The lowest BCUT2D eigenvalue weighted by Gasteiger charge is -2.13. The van der Waals surface area contributed by atoms with Crippen molar-refractivity contribution in [1.82, 2.24) is 20.4 Å². The molecule has 1 aromatic rings. The average molecular weight is 282 g/mol. The minimum Gasteiger partial charge on any atom is -0.376 e. The number of hydrogen-bond acceptors (Lipinski definition) is 3. The Morgan fingerprint density at radius 2 is 2.42 bits per heavy atom. The molecule has 2 N–H and O–H groups in total. The first-order valence-corrected chi connectivity index (χ1v) is 7.26. The molecule has 1 atom stereocenters. The van der Waals surface area contributed by atoms with Crippen LogP contribution in [0.25, 0.3) is 0 Å². The van der Waals surface area contributed by atoms with Crippen LogP contribution in [0.3, 0.4) is 0 Å². The lowest BCUT2D eigenvalue weighted by molar-refractivity contribution is 0.114. The summed E-state index contributed by atoms with van der Waals surface area (Å²) in [5, 5.41) is 11.5.